The quantitative estimate of drug-likeness (QED) is 0.421. The number of amides is 3. The first-order chi connectivity index (χ1) is 14.1. The maximum atomic E-state index is 14.9. The fraction of sp³-hybridized carbons (Fsp3) is 0.684. The van der Waals surface area contributed by atoms with E-state index in [-0.39, 0.29) is 25.1 Å². The minimum Gasteiger partial charge on any atom is -0.465 e. The van der Waals surface area contributed by atoms with E-state index in [1.54, 1.807) is 19.3 Å². The van der Waals surface area contributed by atoms with Gasteiger partial charge >= 0.3 is 6.09 Å². The van der Waals surface area contributed by atoms with Crippen LogP contribution in [0.15, 0.2) is 12.3 Å². The Bertz CT molecular complexity index is 803. The van der Waals surface area contributed by atoms with Gasteiger partial charge in [-0.15, -0.1) is 0 Å². The van der Waals surface area contributed by atoms with Crippen LogP contribution in [0.2, 0.25) is 0 Å². The summed E-state index contributed by atoms with van der Waals surface area (Å²) in [6.07, 6.45) is 1.64. The Morgan fingerprint density at radius 3 is 2.37 bits per heavy atom. The molecule has 0 spiro atoms. The second kappa shape index (κ2) is 8.58. The number of carboxylic acid groups (broad SMARTS) is 1. The summed E-state index contributed by atoms with van der Waals surface area (Å²) >= 11 is 0. The number of rotatable bonds is 8. The molecule has 2 aliphatic carbocycles. The van der Waals surface area contributed by atoms with Crippen LogP contribution in [0, 0.1) is 0 Å². The first-order valence-electron chi connectivity index (χ1n) is 10.1. The molecule has 10 nitrogen and oxygen atoms in total. The van der Waals surface area contributed by atoms with Crippen molar-refractivity contribution in [1.29, 1.82) is 0 Å². The molecule has 166 valence electrons. The van der Waals surface area contributed by atoms with E-state index in [2.05, 4.69) is 21.0 Å². The number of halogens is 1. The number of nitrogens with one attached hydrogen (secondary N) is 3. The van der Waals surface area contributed by atoms with E-state index < -0.39 is 41.3 Å². The lowest BCUT2D eigenvalue weighted by Crippen LogP contribution is -2.66. The lowest BCUT2D eigenvalue weighted by molar-refractivity contribution is -0.137. The number of alkyl halides is 1. The molecule has 0 saturated heterocycles. The highest BCUT2D eigenvalue weighted by molar-refractivity contribution is 5.95. The molecule has 1 aromatic heterocycles. The summed E-state index contributed by atoms with van der Waals surface area (Å²) in [5.74, 6) is -1.21. The van der Waals surface area contributed by atoms with Crippen LogP contribution < -0.4 is 16.0 Å². The van der Waals surface area contributed by atoms with Crippen molar-refractivity contribution in [2.45, 2.75) is 74.7 Å². The van der Waals surface area contributed by atoms with Gasteiger partial charge in [0.1, 0.15) is 11.7 Å². The van der Waals surface area contributed by atoms with Gasteiger partial charge in [-0.3, -0.25) is 14.3 Å². The van der Waals surface area contributed by atoms with Crippen LogP contribution in [0.5, 0.6) is 0 Å². The van der Waals surface area contributed by atoms with Crippen molar-refractivity contribution >= 4 is 23.7 Å². The predicted octanol–water partition coefficient (Wildman–Crippen LogP) is 1.07. The summed E-state index contributed by atoms with van der Waals surface area (Å²) in [6.45, 7) is 0. The second-order valence-corrected chi connectivity index (χ2v) is 8.33. The molecule has 30 heavy (non-hydrogen) atoms. The van der Waals surface area contributed by atoms with Crippen LogP contribution in [-0.2, 0) is 16.6 Å². The molecule has 11 heteroatoms. The van der Waals surface area contributed by atoms with E-state index in [1.165, 1.54) is 4.68 Å². The highest BCUT2D eigenvalue weighted by Gasteiger charge is 2.49. The highest BCUT2D eigenvalue weighted by atomic mass is 19.1. The van der Waals surface area contributed by atoms with Crippen molar-refractivity contribution in [2.24, 2.45) is 7.05 Å². The molecule has 3 amide bonds. The van der Waals surface area contributed by atoms with E-state index in [4.69, 9.17) is 5.11 Å². The fourth-order valence-corrected chi connectivity index (χ4v) is 4.22. The second-order valence-electron chi connectivity index (χ2n) is 8.33. The van der Waals surface area contributed by atoms with Gasteiger partial charge < -0.3 is 26.2 Å². The number of hydrogen-bond donors (Lipinski definition) is 5. The molecule has 0 aliphatic heterocycles. The lowest BCUT2D eigenvalue weighted by Gasteiger charge is -2.45. The fourth-order valence-electron chi connectivity index (χ4n) is 4.22. The Balaban J connectivity index is 1.68. The monoisotopic (exact) mass is 425 g/mol. The normalized spacial score (nSPS) is 21.2. The van der Waals surface area contributed by atoms with Crippen molar-refractivity contribution in [3.8, 4) is 0 Å². The number of aliphatic hydroxyl groups excluding tert-OH is 1. The van der Waals surface area contributed by atoms with E-state index in [0.717, 1.165) is 0 Å². The lowest BCUT2D eigenvalue weighted by atomic mass is 9.72. The van der Waals surface area contributed by atoms with Crippen LogP contribution in [0.4, 0.5) is 15.0 Å². The molecule has 2 saturated carbocycles. The number of nitrogens with zero attached hydrogens (tertiary/aromatic N) is 2. The third-order valence-electron chi connectivity index (χ3n) is 6.04. The van der Waals surface area contributed by atoms with Gasteiger partial charge in [-0.05, 0) is 32.1 Å². The molecular formula is C19H28FN5O5. The molecule has 0 radical (unpaired) electrons. The zero-order valence-electron chi connectivity index (χ0n) is 16.9. The number of aryl methyl sites for hydroxylation is 1. The molecule has 5 N–H and O–H groups in total. The SMILES string of the molecule is Cn1ccc(NC(=O)C(O)C2(NC(=O)C(CC3(F)CCCC3)NC(=O)O)CCC2)n1. The Morgan fingerprint density at radius 1 is 1.20 bits per heavy atom. The number of aliphatic hydroxyl groups is 1. The van der Waals surface area contributed by atoms with Crippen LogP contribution in [0.25, 0.3) is 0 Å². The number of carbonyl (C=O) groups excluding carboxylic acids is 2. The van der Waals surface area contributed by atoms with Gasteiger partial charge in [0.25, 0.3) is 5.91 Å². The summed E-state index contributed by atoms with van der Waals surface area (Å²) in [7, 11) is 1.68. The minimum atomic E-state index is -1.60. The van der Waals surface area contributed by atoms with Crippen molar-refractivity contribution in [3.05, 3.63) is 12.3 Å². The molecule has 3 rings (SSSR count). The molecule has 2 aliphatic rings. The van der Waals surface area contributed by atoms with E-state index in [9.17, 15) is 23.9 Å². The first-order valence-corrected chi connectivity index (χ1v) is 10.1. The number of aromatic nitrogens is 2. The number of anilines is 1. The van der Waals surface area contributed by atoms with Crippen LogP contribution in [0.1, 0.15) is 51.4 Å². The zero-order chi connectivity index (χ0) is 21.9. The van der Waals surface area contributed by atoms with Crippen molar-refractivity contribution < 1.29 is 29.0 Å². The van der Waals surface area contributed by atoms with E-state index in [1.807, 2.05) is 0 Å². The summed E-state index contributed by atoms with van der Waals surface area (Å²) in [6, 6.07) is 0.250. The largest absolute Gasteiger partial charge is 0.465 e. The average molecular weight is 425 g/mol. The standard InChI is InChI=1S/C19H28FN5O5/c1-25-10-5-13(24-25)22-16(28)14(26)19(8-4-9-19)23-15(27)12(21-17(29)30)11-18(20)6-2-3-7-18/h5,10,12,14,21,26H,2-4,6-9,11H2,1H3,(H,23,27)(H,29,30)(H,22,24,28). The number of carbonyl (C=O) groups is 3. The third kappa shape index (κ3) is 4.89. The van der Waals surface area contributed by atoms with Crippen molar-refractivity contribution in [2.75, 3.05) is 5.32 Å². The van der Waals surface area contributed by atoms with Gasteiger partial charge in [0.15, 0.2) is 11.9 Å². The predicted molar refractivity (Wildman–Crippen MR) is 104 cm³/mol. The molecule has 0 aromatic carbocycles. The first kappa shape index (κ1) is 22.0. The summed E-state index contributed by atoms with van der Waals surface area (Å²) in [5.41, 5.74) is -2.83. The van der Waals surface area contributed by atoms with Gasteiger partial charge in [-0.1, -0.05) is 12.8 Å². The van der Waals surface area contributed by atoms with Gasteiger partial charge in [-0.25, -0.2) is 9.18 Å². The molecule has 1 heterocycles. The Labute approximate surface area is 173 Å². The Morgan fingerprint density at radius 2 is 1.87 bits per heavy atom. The number of hydrogen-bond acceptors (Lipinski definition) is 5. The highest BCUT2D eigenvalue weighted by Crippen LogP contribution is 2.38. The van der Waals surface area contributed by atoms with E-state index in [0.29, 0.717) is 32.1 Å². The summed E-state index contributed by atoms with van der Waals surface area (Å²) < 4.78 is 16.4. The van der Waals surface area contributed by atoms with E-state index >= 15 is 0 Å². The maximum absolute atomic E-state index is 14.9. The van der Waals surface area contributed by atoms with Crippen LogP contribution >= 0.6 is 0 Å². The zero-order valence-corrected chi connectivity index (χ0v) is 16.9. The Kier molecular flexibility index (Phi) is 6.30. The molecule has 1 aromatic rings. The van der Waals surface area contributed by atoms with Gasteiger partial charge in [0.2, 0.25) is 5.91 Å². The molecule has 2 atom stereocenters. The van der Waals surface area contributed by atoms with Gasteiger partial charge in [0, 0.05) is 25.7 Å². The topological polar surface area (TPSA) is 146 Å². The van der Waals surface area contributed by atoms with Crippen LogP contribution in [0.3, 0.4) is 0 Å². The summed E-state index contributed by atoms with van der Waals surface area (Å²) in [5, 5.41) is 30.9. The maximum Gasteiger partial charge on any atom is 0.405 e. The van der Waals surface area contributed by atoms with Crippen molar-refractivity contribution in [3.63, 3.8) is 0 Å². The van der Waals surface area contributed by atoms with Gasteiger partial charge in [-0.2, -0.15) is 5.10 Å². The molecule has 2 unspecified atom stereocenters. The molecular weight excluding hydrogens is 397 g/mol. The Hall–Kier alpha value is -2.69. The molecule has 2 fully saturated rings. The summed E-state index contributed by atoms with van der Waals surface area (Å²) in [4.78, 5) is 36.5. The third-order valence-corrected chi connectivity index (χ3v) is 6.04. The smallest absolute Gasteiger partial charge is 0.405 e. The molecule has 0 bridgehead atoms. The van der Waals surface area contributed by atoms with Crippen LogP contribution in [-0.4, -0.2) is 61.3 Å². The average Bonchev–Trinajstić information content (AvgIpc) is 3.24. The minimum absolute atomic E-state index is 0.258. The van der Waals surface area contributed by atoms with Gasteiger partial charge in [0.05, 0.1) is 5.54 Å². The van der Waals surface area contributed by atoms with Crippen molar-refractivity contribution in [1.82, 2.24) is 20.4 Å².